The molecule has 30 heavy (non-hydrogen) atoms. The van der Waals surface area contributed by atoms with E-state index in [0.717, 1.165) is 12.1 Å². The smallest absolute Gasteiger partial charge is 0.261 e. The molecule has 0 aliphatic carbocycles. The first-order valence-electron chi connectivity index (χ1n) is 9.42. The number of hydrogen-bond acceptors (Lipinski definition) is 5. The monoisotopic (exact) mass is 427 g/mol. The van der Waals surface area contributed by atoms with Gasteiger partial charge >= 0.3 is 0 Å². The summed E-state index contributed by atoms with van der Waals surface area (Å²) >= 11 is 0. The van der Waals surface area contributed by atoms with Crippen molar-refractivity contribution < 1.29 is 13.2 Å². The molecule has 8 nitrogen and oxygen atoms in total. The van der Waals surface area contributed by atoms with Gasteiger partial charge in [0.1, 0.15) is 0 Å². The van der Waals surface area contributed by atoms with Crippen molar-refractivity contribution in [3.8, 4) is 0 Å². The minimum absolute atomic E-state index is 0.0822. The molecule has 9 heteroatoms. The van der Waals surface area contributed by atoms with Gasteiger partial charge in [0.2, 0.25) is 0 Å². The lowest BCUT2D eigenvalue weighted by atomic mass is 10.2. The molecule has 0 saturated heterocycles. The minimum Gasteiger partial charge on any atom is -0.319 e. The van der Waals surface area contributed by atoms with Gasteiger partial charge in [0.05, 0.1) is 29.0 Å². The standard InChI is InChI=1S/C21H25N5O3S/c1-16-6-4-5-7-20(16)24-30(28,29)19-10-8-17(9-11-19)21(27)23-18-14-22-26(15-18)13-12-25(2)3/h4-11,14-15,24H,12-13H2,1-3H3,(H,23,27). The van der Waals surface area contributed by atoms with Crippen LogP contribution in [0, 0.1) is 6.92 Å². The zero-order chi connectivity index (χ0) is 21.7. The van der Waals surface area contributed by atoms with Gasteiger partial charge in [-0.2, -0.15) is 5.10 Å². The number of hydrogen-bond donors (Lipinski definition) is 2. The topological polar surface area (TPSA) is 96.3 Å². The maximum Gasteiger partial charge on any atom is 0.261 e. The summed E-state index contributed by atoms with van der Waals surface area (Å²) < 4.78 is 29.5. The largest absolute Gasteiger partial charge is 0.319 e. The van der Waals surface area contributed by atoms with E-state index in [0.29, 0.717) is 23.5 Å². The molecule has 0 atom stereocenters. The Hall–Kier alpha value is -3.17. The molecule has 3 rings (SSSR count). The van der Waals surface area contributed by atoms with Crippen molar-refractivity contribution in [1.29, 1.82) is 0 Å². The second kappa shape index (κ2) is 9.10. The van der Waals surface area contributed by atoms with E-state index in [1.807, 2.05) is 38.1 Å². The van der Waals surface area contributed by atoms with Gasteiger partial charge in [-0.3, -0.25) is 14.2 Å². The van der Waals surface area contributed by atoms with Crippen LogP contribution in [0.2, 0.25) is 0 Å². The highest BCUT2D eigenvalue weighted by Crippen LogP contribution is 2.20. The fourth-order valence-corrected chi connectivity index (χ4v) is 3.86. The third-order valence-electron chi connectivity index (χ3n) is 4.48. The van der Waals surface area contributed by atoms with Gasteiger partial charge < -0.3 is 10.2 Å². The lowest BCUT2D eigenvalue weighted by molar-refractivity contribution is 0.102. The molecule has 3 aromatic rings. The minimum atomic E-state index is -3.75. The molecule has 1 amide bonds. The van der Waals surface area contributed by atoms with Gasteiger partial charge in [0.25, 0.3) is 15.9 Å². The van der Waals surface area contributed by atoms with Gasteiger partial charge in [-0.05, 0) is 56.9 Å². The van der Waals surface area contributed by atoms with Crippen molar-refractivity contribution in [1.82, 2.24) is 14.7 Å². The molecule has 2 N–H and O–H groups in total. The molecule has 0 aliphatic rings. The molecule has 158 valence electrons. The zero-order valence-electron chi connectivity index (χ0n) is 17.2. The number of aryl methyl sites for hydroxylation is 1. The Morgan fingerprint density at radius 3 is 2.47 bits per heavy atom. The second-order valence-electron chi connectivity index (χ2n) is 7.19. The summed E-state index contributed by atoms with van der Waals surface area (Å²) in [5.41, 5.74) is 2.27. The van der Waals surface area contributed by atoms with Crippen molar-refractivity contribution >= 4 is 27.3 Å². The Morgan fingerprint density at radius 1 is 1.10 bits per heavy atom. The highest BCUT2D eigenvalue weighted by Gasteiger charge is 2.16. The van der Waals surface area contributed by atoms with Crippen LogP contribution < -0.4 is 10.0 Å². The Labute approximate surface area is 176 Å². The summed E-state index contributed by atoms with van der Waals surface area (Å²) in [6, 6.07) is 12.9. The summed E-state index contributed by atoms with van der Waals surface area (Å²) in [6.07, 6.45) is 3.34. The Bertz CT molecular complexity index is 1120. The van der Waals surface area contributed by atoms with Gasteiger partial charge in [-0.15, -0.1) is 0 Å². The molecule has 0 unspecified atom stereocenters. The predicted molar refractivity (Wildman–Crippen MR) is 117 cm³/mol. The number of carbonyl (C=O) groups is 1. The number of rotatable bonds is 8. The number of nitrogens with one attached hydrogen (secondary N) is 2. The van der Waals surface area contributed by atoms with Crippen LogP contribution in [0.15, 0.2) is 65.8 Å². The molecule has 1 heterocycles. The summed E-state index contributed by atoms with van der Waals surface area (Å²) in [5, 5.41) is 6.99. The average molecular weight is 428 g/mol. The third kappa shape index (κ3) is 5.46. The average Bonchev–Trinajstić information content (AvgIpc) is 3.15. The van der Waals surface area contributed by atoms with Crippen LogP contribution in [-0.4, -0.2) is 49.6 Å². The van der Waals surface area contributed by atoms with E-state index in [4.69, 9.17) is 0 Å². The summed E-state index contributed by atoms with van der Waals surface area (Å²) in [5.74, 6) is -0.335. The van der Waals surface area contributed by atoms with E-state index >= 15 is 0 Å². The molecule has 0 saturated carbocycles. The Balaban J connectivity index is 1.66. The number of carbonyl (C=O) groups excluding carboxylic acids is 1. The summed E-state index contributed by atoms with van der Waals surface area (Å²) in [7, 11) is 0.211. The molecule has 0 radical (unpaired) electrons. The maximum atomic E-state index is 12.6. The summed E-state index contributed by atoms with van der Waals surface area (Å²) in [4.78, 5) is 14.6. The lowest BCUT2D eigenvalue weighted by Crippen LogP contribution is -2.18. The van der Waals surface area contributed by atoms with Gasteiger partial charge in [-0.25, -0.2) is 8.42 Å². The van der Waals surface area contributed by atoms with Crippen LogP contribution in [-0.2, 0) is 16.6 Å². The fourth-order valence-electron chi connectivity index (χ4n) is 2.73. The quantitative estimate of drug-likeness (QED) is 0.576. The number of benzene rings is 2. The first-order valence-corrected chi connectivity index (χ1v) is 10.9. The van der Waals surface area contributed by atoms with Crippen LogP contribution in [0.5, 0.6) is 0 Å². The number of aromatic nitrogens is 2. The molecule has 0 bridgehead atoms. The number of amides is 1. The van der Waals surface area contributed by atoms with Crippen molar-refractivity contribution in [2.45, 2.75) is 18.4 Å². The molecular formula is C21H25N5O3S. The summed E-state index contributed by atoms with van der Waals surface area (Å²) in [6.45, 7) is 3.37. The highest BCUT2D eigenvalue weighted by atomic mass is 32.2. The maximum absolute atomic E-state index is 12.6. The van der Waals surface area contributed by atoms with Crippen LogP contribution in [0.25, 0.3) is 0 Å². The van der Waals surface area contributed by atoms with E-state index < -0.39 is 10.0 Å². The van der Waals surface area contributed by atoms with Gasteiger partial charge in [0, 0.05) is 18.3 Å². The van der Waals surface area contributed by atoms with E-state index in [2.05, 4.69) is 15.1 Å². The molecule has 1 aromatic heterocycles. The molecule has 2 aromatic carbocycles. The fraction of sp³-hybridized carbons (Fsp3) is 0.238. The highest BCUT2D eigenvalue weighted by molar-refractivity contribution is 7.92. The van der Waals surface area contributed by atoms with Crippen LogP contribution >= 0.6 is 0 Å². The Morgan fingerprint density at radius 2 is 1.80 bits per heavy atom. The molecule has 0 aliphatic heterocycles. The Kier molecular flexibility index (Phi) is 6.53. The lowest BCUT2D eigenvalue weighted by Gasteiger charge is -2.11. The SMILES string of the molecule is Cc1ccccc1NS(=O)(=O)c1ccc(C(=O)Nc2cnn(CCN(C)C)c2)cc1. The number of para-hydroxylation sites is 1. The zero-order valence-corrected chi connectivity index (χ0v) is 18.0. The number of likely N-dealkylation sites (N-methyl/N-ethyl adjacent to an activating group) is 1. The van der Waals surface area contributed by atoms with Crippen molar-refractivity contribution in [2.24, 2.45) is 0 Å². The van der Waals surface area contributed by atoms with E-state index in [1.165, 1.54) is 24.3 Å². The normalized spacial score (nSPS) is 11.5. The van der Waals surface area contributed by atoms with Gasteiger partial charge in [-0.1, -0.05) is 18.2 Å². The van der Waals surface area contributed by atoms with E-state index in [1.54, 1.807) is 29.2 Å². The molecular weight excluding hydrogens is 402 g/mol. The van der Waals surface area contributed by atoms with Crippen LogP contribution in [0.3, 0.4) is 0 Å². The molecule has 0 fully saturated rings. The number of nitrogens with zero attached hydrogens (tertiary/aromatic N) is 3. The second-order valence-corrected chi connectivity index (χ2v) is 8.88. The van der Waals surface area contributed by atoms with E-state index in [9.17, 15) is 13.2 Å². The predicted octanol–water partition coefficient (Wildman–Crippen LogP) is 2.81. The van der Waals surface area contributed by atoms with Crippen molar-refractivity contribution in [2.75, 3.05) is 30.7 Å². The van der Waals surface area contributed by atoms with Crippen LogP contribution in [0.1, 0.15) is 15.9 Å². The number of anilines is 2. The first kappa shape index (κ1) is 21.5. The first-order chi connectivity index (χ1) is 14.2. The van der Waals surface area contributed by atoms with Crippen molar-refractivity contribution in [3.05, 3.63) is 72.1 Å². The number of sulfonamides is 1. The van der Waals surface area contributed by atoms with E-state index in [-0.39, 0.29) is 10.8 Å². The molecule has 0 spiro atoms. The van der Waals surface area contributed by atoms with Gasteiger partial charge in [0.15, 0.2) is 0 Å². The third-order valence-corrected chi connectivity index (χ3v) is 5.87. The van der Waals surface area contributed by atoms with Crippen molar-refractivity contribution in [3.63, 3.8) is 0 Å². The van der Waals surface area contributed by atoms with Crippen LogP contribution in [0.4, 0.5) is 11.4 Å².